The van der Waals surface area contributed by atoms with E-state index in [-0.39, 0.29) is 22.8 Å². The minimum atomic E-state index is -0.822. The van der Waals surface area contributed by atoms with E-state index in [1.54, 1.807) is 24.3 Å². The zero-order valence-corrected chi connectivity index (χ0v) is 29.2. The third-order valence-corrected chi connectivity index (χ3v) is 8.55. The Bertz CT molecular complexity index is 1280. The molecular formula is C36H57N5O5. The first-order valence-electron chi connectivity index (χ1n) is 17.3. The molecule has 0 saturated heterocycles. The topological polar surface area (TPSA) is 128 Å². The number of unbranched alkanes of at least 4 members (excludes halogenated alkanes) is 2. The molecule has 1 aromatic carbocycles. The molecule has 2 unspecified atom stereocenters. The van der Waals surface area contributed by atoms with Crippen molar-refractivity contribution in [2.24, 2.45) is 22.1 Å². The van der Waals surface area contributed by atoms with E-state index in [1.807, 2.05) is 18.7 Å². The molecule has 256 valence electrons. The van der Waals surface area contributed by atoms with E-state index in [0.717, 1.165) is 77.3 Å². The second kappa shape index (κ2) is 20.4. The molecule has 0 fully saturated rings. The summed E-state index contributed by atoms with van der Waals surface area (Å²) >= 11 is 0. The van der Waals surface area contributed by atoms with Gasteiger partial charge in [0.25, 0.3) is 11.5 Å². The molecule has 2 atom stereocenters. The molecule has 0 saturated carbocycles. The third kappa shape index (κ3) is 11.0. The van der Waals surface area contributed by atoms with Crippen molar-refractivity contribution in [1.82, 2.24) is 9.88 Å². The smallest absolute Gasteiger partial charge is 0.345 e. The first-order chi connectivity index (χ1) is 22.2. The largest absolute Gasteiger partial charge is 0.493 e. The van der Waals surface area contributed by atoms with Crippen molar-refractivity contribution in [2.45, 2.75) is 106 Å². The molecule has 1 aromatic heterocycles. The summed E-state index contributed by atoms with van der Waals surface area (Å²) < 4.78 is 4.90. The number of carbonyl (C=O) groups excluding carboxylic acids is 2. The van der Waals surface area contributed by atoms with Crippen LogP contribution in [-0.2, 0) is 4.74 Å². The molecule has 2 aromatic rings. The maximum atomic E-state index is 13.9. The van der Waals surface area contributed by atoms with Gasteiger partial charge in [-0.15, -0.1) is 5.11 Å². The molecule has 0 aliphatic carbocycles. The number of anilines is 1. The Hall–Kier alpha value is -3.69. The average Bonchev–Trinajstić information content (AvgIpc) is 3.06. The standard InChI is InChI=1S/C36H57N5O5/c1-8-14-16-26(12-5)24-41(25-27(13-6)17-15-9-2)35(44)28-18-20-29(21-19-28)38-39-31-32(40(22-10-3)23-11-4)30(36(45)46-7)33(42)37-34(31)43/h18-21,26-27H,8-17,22-25H2,1-7H3,(H2,37,42,43)/b39-38+. The normalized spacial score (nSPS) is 12.7. The second-order valence-corrected chi connectivity index (χ2v) is 12.1. The molecule has 2 rings (SSSR count). The van der Waals surface area contributed by atoms with Gasteiger partial charge in [-0.3, -0.25) is 14.6 Å². The van der Waals surface area contributed by atoms with Crippen LogP contribution in [0.4, 0.5) is 17.1 Å². The monoisotopic (exact) mass is 639 g/mol. The van der Waals surface area contributed by atoms with E-state index < -0.39 is 17.4 Å². The minimum absolute atomic E-state index is 0.0199. The van der Waals surface area contributed by atoms with Crippen LogP contribution in [0.3, 0.4) is 0 Å². The van der Waals surface area contributed by atoms with Crippen molar-refractivity contribution in [2.75, 3.05) is 38.2 Å². The highest BCUT2D eigenvalue weighted by molar-refractivity contribution is 5.99. The number of benzene rings is 1. The van der Waals surface area contributed by atoms with Gasteiger partial charge in [0.15, 0.2) is 11.3 Å². The number of esters is 1. The quantitative estimate of drug-likeness (QED) is 0.104. The van der Waals surface area contributed by atoms with Crippen LogP contribution in [0.25, 0.3) is 0 Å². The molecule has 0 bridgehead atoms. The van der Waals surface area contributed by atoms with Crippen LogP contribution in [0.5, 0.6) is 5.88 Å². The summed E-state index contributed by atoms with van der Waals surface area (Å²) in [5, 5.41) is 19.4. The summed E-state index contributed by atoms with van der Waals surface area (Å²) in [5.41, 5.74) is 0.218. The SMILES string of the molecule is CCCCC(CC)CN(CC(CC)CCCC)C(=O)c1ccc(/N=N/c2c(O)[nH]c(=O)c(C(=O)OC)c2N(CCC)CCC)cc1. The highest BCUT2D eigenvalue weighted by atomic mass is 16.5. The number of ether oxygens (including phenoxy) is 1. The lowest BCUT2D eigenvalue weighted by molar-refractivity contribution is 0.0598. The van der Waals surface area contributed by atoms with E-state index >= 15 is 0 Å². The molecular weight excluding hydrogens is 582 g/mol. The van der Waals surface area contributed by atoms with Gasteiger partial charge in [-0.1, -0.05) is 80.1 Å². The fraction of sp³-hybridized carbons (Fsp3) is 0.639. The zero-order chi connectivity index (χ0) is 34.1. The summed E-state index contributed by atoms with van der Waals surface area (Å²) in [7, 11) is 1.20. The molecule has 0 spiro atoms. The number of rotatable bonds is 21. The number of aromatic hydroxyl groups is 1. The Labute approximate surface area is 275 Å². The van der Waals surface area contributed by atoms with Gasteiger partial charge in [0.1, 0.15) is 0 Å². The fourth-order valence-electron chi connectivity index (χ4n) is 5.80. The molecule has 1 amide bonds. The minimum Gasteiger partial charge on any atom is -0.493 e. The number of nitrogens with zero attached hydrogens (tertiary/aromatic N) is 4. The van der Waals surface area contributed by atoms with Gasteiger partial charge in [-0.05, 0) is 61.8 Å². The number of hydrogen-bond donors (Lipinski definition) is 2. The van der Waals surface area contributed by atoms with Gasteiger partial charge in [0, 0.05) is 31.7 Å². The molecule has 10 heteroatoms. The first-order valence-corrected chi connectivity index (χ1v) is 17.3. The lowest BCUT2D eigenvalue weighted by Gasteiger charge is -2.31. The number of azo groups is 1. The molecule has 2 N–H and O–H groups in total. The van der Waals surface area contributed by atoms with Gasteiger partial charge >= 0.3 is 5.97 Å². The zero-order valence-electron chi connectivity index (χ0n) is 29.2. The lowest BCUT2D eigenvalue weighted by atomic mass is 9.95. The number of hydrogen-bond acceptors (Lipinski definition) is 8. The third-order valence-electron chi connectivity index (χ3n) is 8.55. The Balaban J connectivity index is 2.46. The van der Waals surface area contributed by atoms with Crippen molar-refractivity contribution in [3.8, 4) is 5.88 Å². The Morgan fingerprint density at radius 2 is 1.39 bits per heavy atom. The molecule has 0 aliphatic rings. The Morgan fingerprint density at radius 3 is 1.85 bits per heavy atom. The van der Waals surface area contributed by atoms with Crippen molar-refractivity contribution in [1.29, 1.82) is 0 Å². The highest BCUT2D eigenvalue weighted by Gasteiger charge is 2.28. The van der Waals surface area contributed by atoms with Crippen LogP contribution in [0.15, 0.2) is 39.3 Å². The van der Waals surface area contributed by atoms with Crippen molar-refractivity contribution < 1.29 is 19.4 Å². The maximum Gasteiger partial charge on any atom is 0.345 e. The van der Waals surface area contributed by atoms with Gasteiger partial charge < -0.3 is 19.6 Å². The summed E-state index contributed by atoms with van der Waals surface area (Å²) in [5.74, 6) is -0.355. The second-order valence-electron chi connectivity index (χ2n) is 12.1. The number of nitrogens with one attached hydrogen (secondary N) is 1. The van der Waals surface area contributed by atoms with Crippen LogP contribution < -0.4 is 10.5 Å². The van der Waals surface area contributed by atoms with Crippen LogP contribution in [0.2, 0.25) is 0 Å². The Kier molecular flexibility index (Phi) is 17.1. The summed E-state index contributed by atoms with van der Waals surface area (Å²) in [6.45, 7) is 15.4. The number of pyridine rings is 1. The van der Waals surface area contributed by atoms with Crippen LogP contribution in [0, 0.1) is 11.8 Å². The highest BCUT2D eigenvalue weighted by Crippen LogP contribution is 2.38. The lowest BCUT2D eigenvalue weighted by Crippen LogP contribution is -2.39. The van der Waals surface area contributed by atoms with Crippen LogP contribution in [-0.4, -0.2) is 60.2 Å². The molecule has 46 heavy (non-hydrogen) atoms. The molecule has 10 nitrogen and oxygen atoms in total. The predicted octanol–water partition coefficient (Wildman–Crippen LogP) is 8.78. The van der Waals surface area contributed by atoms with E-state index in [2.05, 4.69) is 47.8 Å². The van der Waals surface area contributed by atoms with E-state index in [0.29, 0.717) is 36.2 Å². The van der Waals surface area contributed by atoms with Crippen molar-refractivity contribution in [3.05, 3.63) is 45.7 Å². The first kappa shape index (κ1) is 38.5. The van der Waals surface area contributed by atoms with Gasteiger partial charge in [0.2, 0.25) is 5.88 Å². The van der Waals surface area contributed by atoms with Gasteiger partial charge in [0.05, 0.1) is 18.5 Å². The number of aromatic amines is 1. The molecule has 0 radical (unpaired) electrons. The van der Waals surface area contributed by atoms with Crippen LogP contribution in [0.1, 0.15) is 126 Å². The van der Waals surface area contributed by atoms with E-state index in [1.165, 1.54) is 7.11 Å². The number of aromatic nitrogens is 1. The van der Waals surface area contributed by atoms with Crippen molar-refractivity contribution >= 4 is 28.9 Å². The number of H-pyrrole nitrogens is 1. The van der Waals surface area contributed by atoms with E-state index in [4.69, 9.17) is 4.74 Å². The number of amides is 1. The average molecular weight is 640 g/mol. The number of carbonyl (C=O) groups is 2. The summed E-state index contributed by atoms with van der Waals surface area (Å²) in [4.78, 5) is 45.6. The summed E-state index contributed by atoms with van der Waals surface area (Å²) in [6.07, 6.45) is 10.4. The predicted molar refractivity (Wildman–Crippen MR) is 186 cm³/mol. The van der Waals surface area contributed by atoms with Gasteiger partial charge in [-0.2, -0.15) is 5.11 Å². The van der Waals surface area contributed by atoms with Gasteiger partial charge in [-0.25, -0.2) is 4.79 Å². The molecule has 0 aliphatic heterocycles. The molecule has 1 heterocycles. The number of methoxy groups -OCH3 is 1. The van der Waals surface area contributed by atoms with Crippen molar-refractivity contribution in [3.63, 3.8) is 0 Å². The Morgan fingerprint density at radius 1 is 0.848 bits per heavy atom. The van der Waals surface area contributed by atoms with E-state index in [9.17, 15) is 19.5 Å². The summed E-state index contributed by atoms with van der Waals surface area (Å²) in [6, 6.07) is 6.96. The van der Waals surface area contributed by atoms with Crippen LogP contribution >= 0.6 is 0 Å². The fourth-order valence-corrected chi connectivity index (χ4v) is 5.80. The maximum absolute atomic E-state index is 13.9.